The lowest BCUT2D eigenvalue weighted by Gasteiger charge is -2.25. The normalized spacial score (nSPS) is 14.4. The van der Waals surface area contributed by atoms with Crippen molar-refractivity contribution in [2.75, 3.05) is 0 Å². The molecule has 258 valence electrons. The Hall–Kier alpha value is -6.91. The van der Waals surface area contributed by atoms with E-state index < -0.39 is 0 Å². The van der Waals surface area contributed by atoms with Crippen molar-refractivity contribution >= 4 is 45.0 Å². The number of aromatic nitrogens is 3. The van der Waals surface area contributed by atoms with Crippen molar-refractivity contribution in [1.82, 2.24) is 15.0 Å². The summed E-state index contributed by atoms with van der Waals surface area (Å²) in [5, 5.41) is 15.4. The summed E-state index contributed by atoms with van der Waals surface area (Å²) in [6, 6.07) is 56.5. The first-order valence-electron chi connectivity index (χ1n) is 18.4. The van der Waals surface area contributed by atoms with Crippen LogP contribution in [0.1, 0.15) is 47.3 Å². The van der Waals surface area contributed by atoms with E-state index in [4.69, 9.17) is 10.2 Å². The minimum Gasteiger partial charge on any atom is -0.264 e. The van der Waals surface area contributed by atoms with E-state index in [0.29, 0.717) is 0 Å². The van der Waals surface area contributed by atoms with Crippen LogP contribution < -0.4 is 0 Å². The summed E-state index contributed by atoms with van der Waals surface area (Å²) >= 11 is 0. The molecule has 0 N–H and O–H groups in total. The maximum Gasteiger partial charge on any atom is 0.110 e. The van der Waals surface area contributed by atoms with Crippen LogP contribution in [-0.4, -0.2) is 21.2 Å². The third kappa shape index (κ3) is 6.29. The van der Waals surface area contributed by atoms with Gasteiger partial charge in [0.1, 0.15) is 5.69 Å². The molecule has 1 atom stereocenters. The first kappa shape index (κ1) is 33.0. The second-order valence-electron chi connectivity index (χ2n) is 13.8. The molecule has 1 aliphatic rings. The van der Waals surface area contributed by atoms with Crippen LogP contribution in [0.2, 0.25) is 0 Å². The molecular formula is C50H38N4. The van der Waals surface area contributed by atoms with Crippen molar-refractivity contribution in [2.24, 2.45) is 4.99 Å². The molecule has 0 saturated carbocycles. The lowest BCUT2D eigenvalue weighted by Crippen LogP contribution is -2.10. The van der Waals surface area contributed by atoms with Gasteiger partial charge in [0.15, 0.2) is 0 Å². The maximum atomic E-state index is 5.32. The van der Waals surface area contributed by atoms with Gasteiger partial charge in [0.25, 0.3) is 0 Å². The molecule has 1 unspecified atom stereocenters. The standard InChI is InChI=1S/C50H38N4/c1-3-25-51-33-34(2)37-21-14-22-43(28-37)54-52-49-32-42(46-29-40(35-15-6-4-7-16-35)26-38-19-10-12-23-44(38)46)31-48(50(49)53-54)47-30-41(36-17-8-5-9-18-36)27-39-20-11-13-24-45(39)47/h3-30,32-33,48H,1,31H2,2H3/b34-33+,51-25-. The molecule has 9 rings (SSSR count). The molecule has 54 heavy (non-hydrogen) atoms. The van der Waals surface area contributed by atoms with Gasteiger partial charge < -0.3 is 0 Å². The highest BCUT2D eigenvalue weighted by atomic mass is 15.5. The number of fused-ring (bicyclic) bond motifs is 3. The number of hydrogen-bond acceptors (Lipinski definition) is 3. The van der Waals surface area contributed by atoms with E-state index in [1.165, 1.54) is 60.5 Å². The van der Waals surface area contributed by atoms with E-state index in [1.807, 2.05) is 11.0 Å². The SMILES string of the molecule is C=C/C=N\C=C(/C)c1cccc(-n2nc3c(n2)C(c2cc(-c4ccccc4)cc4ccccc24)CC(c2cc(-c4ccccc4)cc4ccccc24)=C3)c1. The number of rotatable bonds is 8. The third-order valence-corrected chi connectivity index (χ3v) is 10.4. The van der Waals surface area contributed by atoms with Gasteiger partial charge in [-0.15, -0.1) is 5.10 Å². The predicted octanol–water partition coefficient (Wildman–Crippen LogP) is 12.6. The van der Waals surface area contributed by atoms with E-state index >= 15 is 0 Å². The van der Waals surface area contributed by atoms with Gasteiger partial charge in [0.05, 0.1) is 11.4 Å². The van der Waals surface area contributed by atoms with Crippen molar-refractivity contribution in [3.05, 3.63) is 205 Å². The van der Waals surface area contributed by atoms with Crippen LogP contribution in [0, 0.1) is 0 Å². The lowest BCUT2D eigenvalue weighted by molar-refractivity contribution is 0.718. The highest BCUT2D eigenvalue weighted by Gasteiger charge is 2.31. The fourth-order valence-electron chi connectivity index (χ4n) is 7.75. The summed E-state index contributed by atoms with van der Waals surface area (Å²) in [7, 11) is 0. The maximum absolute atomic E-state index is 5.32. The average molecular weight is 695 g/mol. The highest BCUT2D eigenvalue weighted by Crippen LogP contribution is 2.46. The number of benzene rings is 7. The molecule has 0 bridgehead atoms. The van der Waals surface area contributed by atoms with Crippen molar-refractivity contribution in [3.8, 4) is 27.9 Å². The summed E-state index contributed by atoms with van der Waals surface area (Å²) in [6.45, 7) is 5.80. The molecule has 1 aliphatic carbocycles. The lowest BCUT2D eigenvalue weighted by atomic mass is 9.78. The molecule has 4 nitrogen and oxygen atoms in total. The minimum atomic E-state index is -0.0421. The van der Waals surface area contributed by atoms with E-state index in [9.17, 15) is 0 Å². The molecular weight excluding hydrogens is 657 g/mol. The number of hydrogen-bond donors (Lipinski definition) is 0. The molecule has 0 saturated heterocycles. The zero-order valence-corrected chi connectivity index (χ0v) is 30.1. The molecule has 7 aromatic carbocycles. The Morgan fingerprint density at radius 1 is 0.667 bits per heavy atom. The Morgan fingerprint density at radius 2 is 1.31 bits per heavy atom. The van der Waals surface area contributed by atoms with E-state index in [1.54, 1.807) is 12.3 Å². The first-order chi connectivity index (χ1) is 26.6. The Kier molecular flexibility index (Phi) is 8.70. The molecule has 0 aliphatic heterocycles. The van der Waals surface area contributed by atoms with Crippen LogP contribution in [0.5, 0.6) is 0 Å². The summed E-state index contributed by atoms with van der Waals surface area (Å²) < 4.78 is 0. The molecule has 1 heterocycles. The second-order valence-corrected chi connectivity index (χ2v) is 13.8. The summed E-state index contributed by atoms with van der Waals surface area (Å²) in [5.41, 5.74) is 13.4. The van der Waals surface area contributed by atoms with Gasteiger partial charge in [-0.25, -0.2) is 0 Å². The van der Waals surface area contributed by atoms with Gasteiger partial charge in [-0.05, 0) is 127 Å². The van der Waals surface area contributed by atoms with Gasteiger partial charge in [0.2, 0.25) is 0 Å². The highest BCUT2D eigenvalue weighted by molar-refractivity contribution is 6.01. The molecule has 8 aromatic rings. The summed E-state index contributed by atoms with van der Waals surface area (Å²) in [4.78, 5) is 6.16. The van der Waals surface area contributed by atoms with E-state index in [0.717, 1.165) is 34.6 Å². The Morgan fingerprint density at radius 3 is 2.04 bits per heavy atom. The van der Waals surface area contributed by atoms with Crippen molar-refractivity contribution in [1.29, 1.82) is 0 Å². The number of nitrogens with zero attached hydrogens (tertiary/aromatic N) is 4. The zero-order valence-electron chi connectivity index (χ0n) is 30.1. The van der Waals surface area contributed by atoms with Crippen LogP contribution in [0.3, 0.4) is 0 Å². The summed E-state index contributed by atoms with van der Waals surface area (Å²) in [6.07, 6.45) is 8.27. The Balaban J connectivity index is 1.26. The fraction of sp³-hybridized carbons (Fsp3) is 0.0600. The molecule has 0 amide bonds. The number of aliphatic imine (C=N–C) groups is 1. The predicted molar refractivity (Wildman–Crippen MR) is 227 cm³/mol. The fourth-order valence-corrected chi connectivity index (χ4v) is 7.75. The Labute approximate surface area is 315 Å². The zero-order chi connectivity index (χ0) is 36.4. The van der Waals surface area contributed by atoms with E-state index in [2.05, 4.69) is 182 Å². The Bertz CT molecular complexity index is 2770. The van der Waals surface area contributed by atoms with Crippen molar-refractivity contribution < 1.29 is 0 Å². The van der Waals surface area contributed by atoms with Gasteiger partial charge in [-0.1, -0.05) is 134 Å². The van der Waals surface area contributed by atoms with Crippen molar-refractivity contribution in [3.63, 3.8) is 0 Å². The molecule has 0 spiro atoms. The largest absolute Gasteiger partial charge is 0.264 e. The van der Waals surface area contributed by atoms with E-state index in [-0.39, 0.29) is 5.92 Å². The minimum absolute atomic E-state index is 0.0421. The quantitative estimate of drug-likeness (QED) is 0.149. The van der Waals surface area contributed by atoms with Crippen LogP contribution >= 0.6 is 0 Å². The molecule has 1 aromatic heterocycles. The monoisotopic (exact) mass is 694 g/mol. The third-order valence-electron chi connectivity index (χ3n) is 10.4. The number of allylic oxidation sites excluding steroid dienone is 3. The molecule has 4 heteroatoms. The van der Waals surface area contributed by atoms with Crippen LogP contribution in [0.25, 0.3) is 66.7 Å². The summed E-state index contributed by atoms with van der Waals surface area (Å²) in [5.74, 6) is -0.0421. The van der Waals surface area contributed by atoms with Gasteiger partial charge in [0, 0.05) is 18.3 Å². The first-order valence-corrected chi connectivity index (χ1v) is 18.4. The van der Waals surface area contributed by atoms with Gasteiger partial charge in [-0.3, -0.25) is 4.99 Å². The van der Waals surface area contributed by atoms with Crippen molar-refractivity contribution in [2.45, 2.75) is 19.3 Å². The topological polar surface area (TPSA) is 43.1 Å². The molecule has 0 fully saturated rings. The van der Waals surface area contributed by atoms with Crippen LogP contribution in [0.15, 0.2) is 182 Å². The van der Waals surface area contributed by atoms with Gasteiger partial charge in [-0.2, -0.15) is 9.90 Å². The van der Waals surface area contributed by atoms with Crippen LogP contribution in [-0.2, 0) is 0 Å². The second kappa shape index (κ2) is 14.3. The molecule has 0 radical (unpaired) electrons. The van der Waals surface area contributed by atoms with Crippen LogP contribution in [0.4, 0.5) is 0 Å². The average Bonchev–Trinajstić information content (AvgIpc) is 3.68. The smallest absolute Gasteiger partial charge is 0.110 e. The van der Waals surface area contributed by atoms with Gasteiger partial charge >= 0.3 is 0 Å².